The van der Waals surface area contributed by atoms with Gasteiger partial charge in [0.2, 0.25) is 0 Å². The molecule has 1 aromatic carbocycles. The molecular formula is C18H21N. The highest BCUT2D eigenvalue weighted by molar-refractivity contribution is 5.59. The normalized spacial score (nSPS) is 17.6. The number of hydrogen-bond donors (Lipinski definition) is 1. The Morgan fingerprint density at radius 2 is 1.74 bits per heavy atom. The van der Waals surface area contributed by atoms with Gasteiger partial charge >= 0.3 is 0 Å². The zero-order chi connectivity index (χ0) is 13.9. The Morgan fingerprint density at radius 1 is 1.05 bits per heavy atom. The Hall–Kier alpha value is -2.02. The summed E-state index contributed by atoms with van der Waals surface area (Å²) in [6, 6.07) is 8.38. The van der Waals surface area contributed by atoms with Gasteiger partial charge in [-0.25, -0.2) is 0 Å². The minimum absolute atomic E-state index is 0.0460. The summed E-state index contributed by atoms with van der Waals surface area (Å²) in [5.74, 6) is 0. The third kappa shape index (κ3) is 3.25. The Labute approximate surface area is 116 Å². The zero-order valence-electron chi connectivity index (χ0n) is 11.9. The molecule has 98 valence electrons. The van der Waals surface area contributed by atoms with Crippen molar-refractivity contribution in [2.45, 2.75) is 13.8 Å². The van der Waals surface area contributed by atoms with E-state index >= 15 is 0 Å². The number of nitrogens with one attached hydrogen (secondary N) is 1. The predicted molar refractivity (Wildman–Crippen MR) is 85.2 cm³/mol. The molecule has 2 rings (SSSR count). The van der Waals surface area contributed by atoms with E-state index in [0.717, 1.165) is 11.3 Å². The van der Waals surface area contributed by atoms with Crippen LogP contribution in [0.1, 0.15) is 19.4 Å². The van der Waals surface area contributed by atoms with E-state index in [9.17, 15) is 0 Å². The molecule has 0 aliphatic heterocycles. The van der Waals surface area contributed by atoms with Crippen LogP contribution < -0.4 is 5.32 Å². The molecule has 0 fully saturated rings. The van der Waals surface area contributed by atoms with E-state index in [0.29, 0.717) is 0 Å². The first kappa shape index (κ1) is 13.4. The van der Waals surface area contributed by atoms with Crippen molar-refractivity contribution in [1.82, 2.24) is 0 Å². The maximum Gasteiger partial charge on any atom is 0.0337 e. The van der Waals surface area contributed by atoms with Crippen LogP contribution in [0.15, 0.2) is 66.3 Å². The van der Waals surface area contributed by atoms with Crippen LogP contribution in [0.4, 0.5) is 5.69 Å². The fourth-order valence-corrected chi connectivity index (χ4v) is 2.03. The first-order chi connectivity index (χ1) is 9.01. The summed E-state index contributed by atoms with van der Waals surface area (Å²) in [5.41, 5.74) is 4.77. The average molecular weight is 251 g/mol. The Kier molecular flexibility index (Phi) is 3.75. The van der Waals surface area contributed by atoms with Crippen molar-refractivity contribution in [2.24, 2.45) is 5.41 Å². The van der Waals surface area contributed by atoms with Crippen molar-refractivity contribution in [3.05, 3.63) is 71.9 Å². The van der Waals surface area contributed by atoms with Crippen LogP contribution in [0.2, 0.25) is 0 Å². The molecule has 0 atom stereocenters. The molecule has 0 heterocycles. The molecule has 0 amide bonds. The largest absolute Gasteiger partial charge is 0.388 e. The molecular weight excluding hydrogens is 230 g/mol. The number of rotatable bonds is 3. The maximum absolute atomic E-state index is 4.08. The van der Waals surface area contributed by atoms with E-state index in [-0.39, 0.29) is 5.41 Å². The standard InChI is InChI=1S/C18H21N/c1-14-5-6-16(13-18(14,2)3)8-7-15-9-11-17(19-4)12-10-15/h5-13,19H,1H2,2-4H3/b8-7+. The lowest BCUT2D eigenvalue weighted by molar-refractivity contribution is 0.590. The van der Waals surface area contributed by atoms with Gasteiger partial charge < -0.3 is 5.32 Å². The summed E-state index contributed by atoms with van der Waals surface area (Å²) >= 11 is 0. The van der Waals surface area contributed by atoms with Gasteiger partial charge in [0, 0.05) is 18.2 Å². The number of allylic oxidation sites excluding steroid dienone is 6. The van der Waals surface area contributed by atoms with E-state index in [4.69, 9.17) is 0 Å². The molecule has 1 aromatic rings. The van der Waals surface area contributed by atoms with Gasteiger partial charge in [-0.05, 0) is 28.8 Å². The van der Waals surface area contributed by atoms with Gasteiger partial charge in [-0.3, -0.25) is 0 Å². The minimum Gasteiger partial charge on any atom is -0.388 e. The Balaban J connectivity index is 2.14. The van der Waals surface area contributed by atoms with Crippen LogP contribution in [-0.2, 0) is 0 Å². The number of hydrogen-bond acceptors (Lipinski definition) is 1. The molecule has 1 aliphatic rings. The third-order valence-electron chi connectivity index (χ3n) is 3.50. The van der Waals surface area contributed by atoms with Crippen LogP contribution in [0.25, 0.3) is 6.08 Å². The van der Waals surface area contributed by atoms with Crippen LogP contribution in [-0.4, -0.2) is 7.05 Å². The molecule has 1 heteroatoms. The quantitative estimate of drug-likeness (QED) is 0.812. The lowest BCUT2D eigenvalue weighted by atomic mass is 9.80. The Bertz CT molecular complexity index is 554. The first-order valence-corrected chi connectivity index (χ1v) is 6.57. The summed E-state index contributed by atoms with van der Waals surface area (Å²) in [6.07, 6.45) is 10.8. The van der Waals surface area contributed by atoms with Crippen molar-refractivity contribution in [1.29, 1.82) is 0 Å². The highest BCUT2D eigenvalue weighted by Crippen LogP contribution is 2.33. The average Bonchev–Trinajstić information content (AvgIpc) is 2.40. The van der Waals surface area contributed by atoms with Crippen LogP contribution in [0, 0.1) is 5.41 Å². The monoisotopic (exact) mass is 251 g/mol. The smallest absolute Gasteiger partial charge is 0.0337 e. The van der Waals surface area contributed by atoms with Gasteiger partial charge in [0.05, 0.1) is 0 Å². The molecule has 1 aliphatic carbocycles. The molecule has 0 saturated carbocycles. The van der Waals surface area contributed by atoms with Gasteiger partial charge in [0.25, 0.3) is 0 Å². The van der Waals surface area contributed by atoms with E-state index < -0.39 is 0 Å². The molecule has 0 unspecified atom stereocenters. The molecule has 0 radical (unpaired) electrons. The van der Waals surface area contributed by atoms with Crippen LogP contribution >= 0.6 is 0 Å². The lowest BCUT2D eigenvalue weighted by Gasteiger charge is -2.25. The van der Waals surface area contributed by atoms with E-state index in [1.54, 1.807) is 0 Å². The van der Waals surface area contributed by atoms with Crippen molar-refractivity contribution < 1.29 is 0 Å². The number of benzene rings is 1. The first-order valence-electron chi connectivity index (χ1n) is 6.57. The van der Waals surface area contributed by atoms with Crippen molar-refractivity contribution in [3.63, 3.8) is 0 Å². The van der Waals surface area contributed by atoms with Gasteiger partial charge in [-0.2, -0.15) is 0 Å². The highest BCUT2D eigenvalue weighted by Gasteiger charge is 2.19. The number of anilines is 1. The second kappa shape index (κ2) is 5.31. The third-order valence-corrected chi connectivity index (χ3v) is 3.50. The molecule has 0 spiro atoms. The maximum atomic E-state index is 4.08. The van der Waals surface area contributed by atoms with E-state index in [1.807, 2.05) is 7.05 Å². The van der Waals surface area contributed by atoms with Crippen molar-refractivity contribution in [3.8, 4) is 0 Å². The summed E-state index contributed by atoms with van der Waals surface area (Å²) in [5, 5.41) is 3.12. The van der Waals surface area contributed by atoms with E-state index in [2.05, 4.69) is 80.4 Å². The molecule has 1 N–H and O–H groups in total. The zero-order valence-corrected chi connectivity index (χ0v) is 11.9. The van der Waals surface area contributed by atoms with Gasteiger partial charge in [-0.15, -0.1) is 0 Å². The predicted octanol–water partition coefficient (Wildman–Crippen LogP) is 4.82. The topological polar surface area (TPSA) is 12.0 Å². The fourth-order valence-electron chi connectivity index (χ4n) is 2.03. The van der Waals surface area contributed by atoms with Gasteiger partial charge in [-0.1, -0.05) is 62.9 Å². The van der Waals surface area contributed by atoms with Gasteiger partial charge in [0.15, 0.2) is 0 Å². The summed E-state index contributed by atoms with van der Waals surface area (Å²) in [7, 11) is 1.93. The van der Waals surface area contributed by atoms with Crippen molar-refractivity contribution in [2.75, 3.05) is 12.4 Å². The second-order valence-corrected chi connectivity index (χ2v) is 5.43. The highest BCUT2D eigenvalue weighted by atomic mass is 14.8. The van der Waals surface area contributed by atoms with Gasteiger partial charge in [0.1, 0.15) is 0 Å². The fraction of sp³-hybridized carbons (Fsp3) is 0.222. The van der Waals surface area contributed by atoms with Crippen LogP contribution in [0.5, 0.6) is 0 Å². The van der Waals surface area contributed by atoms with Crippen LogP contribution in [0.3, 0.4) is 0 Å². The summed E-state index contributed by atoms with van der Waals surface area (Å²) in [4.78, 5) is 0. The summed E-state index contributed by atoms with van der Waals surface area (Å²) < 4.78 is 0. The second-order valence-electron chi connectivity index (χ2n) is 5.43. The minimum atomic E-state index is 0.0460. The molecule has 0 aromatic heterocycles. The SMILES string of the molecule is C=C1C=CC(/C=C/c2ccc(NC)cc2)=CC1(C)C. The molecule has 19 heavy (non-hydrogen) atoms. The molecule has 0 bridgehead atoms. The Morgan fingerprint density at radius 3 is 2.32 bits per heavy atom. The van der Waals surface area contributed by atoms with Crippen molar-refractivity contribution >= 4 is 11.8 Å². The van der Waals surface area contributed by atoms with E-state index in [1.165, 1.54) is 11.1 Å². The molecule has 1 nitrogen and oxygen atoms in total. The molecule has 0 saturated heterocycles. The summed E-state index contributed by atoms with van der Waals surface area (Å²) in [6.45, 7) is 8.45. The lowest BCUT2D eigenvalue weighted by Crippen LogP contribution is -2.12.